The highest BCUT2D eigenvalue weighted by Crippen LogP contribution is 2.13. The van der Waals surface area contributed by atoms with Crippen LogP contribution in [0, 0.1) is 0 Å². The van der Waals surface area contributed by atoms with Crippen LogP contribution in [0.25, 0.3) is 0 Å². The smallest absolute Gasteiger partial charge is 0.104 e. The molecule has 1 heterocycles. The van der Waals surface area contributed by atoms with Crippen molar-refractivity contribution >= 4 is 0 Å². The maximum atomic E-state index is 2.26. The normalized spacial score (nSPS) is 32.1. The first-order valence-electron chi connectivity index (χ1n) is 3.85. The van der Waals surface area contributed by atoms with Crippen LogP contribution < -0.4 is 0 Å². The summed E-state index contributed by atoms with van der Waals surface area (Å²) in [7, 11) is 2.26. The van der Waals surface area contributed by atoms with Gasteiger partial charge in [-0.25, -0.2) is 0 Å². The van der Waals surface area contributed by atoms with Crippen molar-refractivity contribution in [2.75, 3.05) is 20.1 Å². The van der Waals surface area contributed by atoms with E-state index in [9.17, 15) is 0 Å². The minimum absolute atomic E-state index is 1.06. The Balaban J connectivity index is 2.71. The SMILES string of the molecule is CC[N+]1(C)C=CC=C(C)C1. The Morgan fingerprint density at radius 3 is 2.70 bits per heavy atom. The molecule has 1 rings (SSSR count). The molecule has 0 fully saturated rings. The van der Waals surface area contributed by atoms with E-state index in [1.54, 1.807) is 0 Å². The number of hydrogen-bond donors (Lipinski definition) is 0. The van der Waals surface area contributed by atoms with Crippen molar-refractivity contribution in [2.24, 2.45) is 0 Å². The Kier molecular flexibility index (Phi) is 1.95. The molecular formula is C9H16N+. The summed E-state index contributed by atoms with van der Waals surface area (Å²) in [4.78, 5) is 0. The molecular weight excluding hydrogens is 122 g/mol. The zero-order chi connectivity index (χ0) is 7.61. The predicted octanol–water partition coefficient (Wildman–Crippen LogP) is 1.93. The van der Waals surface area contributed by atoms with Gasteiger partial charge in [0.05, 0.1) is 19.8 Å². The molecule has 0 radical (unpaired) electrons. The van der Waals surface area contributed by atoms with Gasteiger partial charge in [-0.3, -0.25) is 4.48 Å². The Hall–Kier alpha value is -0.560. The fourth-order valence-corrected chi connectivity index (χ4v) is 1.31. The summed E-state index contributed by atoms with van der Waals surface area (Å²) in [5.41, 5.74) is 1.48. The largest absolute Gasteiger partial charge is 0.296 e. The summed E-state index contributed by atoms with van der Waals surface area (Å²) >= 11 is 0. The van der Waals surface area contributed by atoms with Crippen LogP contribution >= 0.6 is 0 Å². The van der Waals surface area contributed by atoms with Gasteiger partial charge in [0, 0.05) is 0 Å². The summed E-state index contributed by atoms with van der Waals surface area (Å²) in [6.45, 7) is 6.77. The number of rotatable bonds is 1. The molecule has 0 saturated heterocycles. The lowest BCUT2D eigenvalue weighted by Crippen LogP contribution is -2.40. The molecule has 0 amide bonds. The van der Waals surface area contributed by atoms with Crippen LogP contribution in [0.3, 0.4) is 0 Å². The van der Waals surface area contributed by atoms with Crippen molar-refractivity contribution in [3.05, 3.63) is 23.9 Å². The Labute approximate surface area is 63.2 Å². The molecule has 0 aromatic carbocycles. The molecule has 1 aliphatic heterocycles. The summed E-state index contributed by atoms with van der Waals surface area (Å²) in [5.74, 6) is 0. The van der Waals surface area contributed by atoms with Gasteiger partial charge in [0.25, 0.3) is 0 Å². The van der Waals surface area contributed by atoms with Gasteiger partial charge in [0.1, 0.15) is 6.54 Å². The lowest BCUT2D eigenvalue weighted by molar-refractivity contribution is -0.853. The lowest BCUT2D eigenvalue weighted by Gasteiger charge is -2.30. The third-order valence-corrected chi connectivity index (χ3v) is 2.16. The van der Waals surface area contributed by atoms with E-state index in [1.165, 1.54) is 18.7 Å². The number of nitrogens with zero attached hydrogens (tertiary/aromatic N) is 1. The van der Waals surface area contributed by atoms with E-state index in [1.807, 2.05) is 0 Å². The minimum Gasteiger partial charge on any atom is -0.296 e. The van der Waals surface area contributed by atoms with Crippen molar-refractivity contribution in [2.45, 2.75) is 13.8 Å². The van der Waals surface area contributed by atoms with Gasteiger partial charge < -0.3 is 0 Å². The summed E-state index contributed by atoms with van der Waals surface area (Å²) in [6, 6.07) is 0. The molecule has 1 heteroatoms. The third kappa shape index (κ3) is 1.48. The minimum atomic E-state index is 1.06. The van der Waals surface area contributed by atoms with E-state index in [2.05, 4.69) is 39.2 Å². The molecule has 0 spiro atoms. The second-order valence-corrected chi connectivity index (χ2v) is 3.31. The van der Waals surface area contributed by atoms with Gasteiger partial charge in [-0.05, 0) is 25.5 Å². The van der Waals surface area contributed by atoms with Gasteiger partial charge in [-0.2, -0.15) is 0 Å². The zero-order valence-corrected chi connectivity index (χ0v) is 7.09. The van der Waals surface area contributed by atoms with Gasteiger partial charge in [0.15, 0.2) is 0 Å². The number of allylic oxidation sites excluding steroid dienone is 2. The van der Waals surface area contributed by atoms with E-state index in [0.717, 1.165) is 4.48 Å². The van der Waals surface area contributed by atoms with Gasteiger partial charge in [-0.1, -0.05) is 6.08 Å². The van der Waals surface area contributed by atoms with E-state index < -0.39 is 0 Å². The van der Waals surface area contributed by atoms with Crippen LogP contribution in [0.4, 0.5) is 0 Å². The molecule has 1 atom stereocenters. The van der Waals surface area contributed by atoms with Crippen LogP contribution in [0.2, 0.25) is 0 Å². The number of hydrogen-bond acceptors (Lipinski definition) is 0. The Morgan fingerprint density at radius 1 is 1.60 bits per heavy atom. The van der Waals surface area contributed by atoms with Crippen LogP contribution in [0.1, 0.15) is 13.8 Å². The summed E-state index contributed by atoms with van der Waals surface area (Å²) in [5, 5.41) is 0. The van der Waals surface area contributed by atoms with E-state index in [0.29, 0.717) is 0 Å². The quantitative estimate of drug-likeness (QED) is 0.486. The number of likely N-dealkylation sites (N-methyl/N-ethyl adjacent to an activating group) is 1. The summed E-state index contributed by atoms with van der Waals surface area (Å²) in [6.07, 6.45) is 6.60. The van der Waals surface area contributed by atoms with Crippen LogP contribution in [-0.4, -0.2) is 24.6 Å². The molecule has 0 aromatic rings. The van der Waals surface area contributed by atoms with Crippen molar-refractivity contribution < 1.29 is 4.48 Å². The molecule has 0 aliphatic carbocycles. The fourth-order valence-electron chi connectivity index (χ4n) is 1.31. The predicted molar refractivity (Wildman–Crippen MR) is 44.5 cm³/mol. The molecule has 0 saturated carbocycles. The highest BCUT2D eigenvalue weighted by Gasteiger charge is 2.17. The molecule has 1 aliphatic rings. The van der Waals surface area contributed by atoms with E-state index in [-0.39, 0.29) is 0 Å². The van der Waals surface area contributed by atoms with Crippen LogP contribution in [0.15, 0.2) is 23.9 Å². The molecule has 56 valence electrons. The van der Waals surface area contributed by atoms with Gasteiger partial charge in [0.2, 0.25) is 0 Å². The van der Waals surface area contributed by atoms with E-state index in [4.69, 9.17) is 0 Å². The molecule has 1 nitrogen and oxygen atoms in total. The van der Waals surface area contributed by atoms with Crippen LogP contribution in [-0.2, 0) is 0 Å². The highest BCUT2D eigenvalue weighted by molar-refractivity contribution is 5.12. The van der Waals surface area contributed by atoms with Crippen LogP contribution in [0.5, 0.6) is 0 Å². The first-order chi connectivity index (χ1) is 4.66. The maximum Gasteiger partial charge on any atom is 0.104 e. The topological polar surface area (TPSA) is 0 Å². The van der Waals surface area contributed by atoms with Crippen molar-refractivity contribution in [1.82, 2.24) is 0 Å². The summed E-state index contributed by atoms with van der Waals surface area (Å²) < 4.78 is 1.06. The average molecular weight is 138 g/mol. The standard InChI is InChI=1S/C9H16N/c1-4-10(3)7-5-6-9(2)8-10/h5-7H,4,8H2,1-3H3/q+1. The fraction of sp³-hybridized carbons (Fsp3) is 0.556. The molecule has 0 bridgehead atoms. The van der Waals surface area contributed by atoms with Gasteiger partial charge >= 0.3 is 0 Å². The monoisotopic (exact) mass is 138 g/mol. The first kappa shape index (κ1) is 7.55. The van der Waals surface area contributed by atoms with Crippen molar-refractivity contribution in [3.8, 4) is 0 Å². The van der Waals surface area contributed by atoms with Crippen molar-refractivity contribution in [1.29, 1.82) is 0 Å². The average Bonchev–Trinajstić information content (AvgIpc) is 1.88. The second kappa shape index (κ2) is 2.59. The Morgan fingerprint density at radius 2 is 2.30 bits per heavy atom. The molecule has 10 heavy (non-hydrogen) atoms. The van der Waals surface area contributed by atoms with Gasteiger partial charge in [-0.15, -0.1) is 0 Å². The lowest BCUT2D eigenvalue weighted by atomic mass is 10.2. The molecule has 0 aromatic heterocycles. The molecule has 1 unspecified atom stereocenters. The maximum absolute atomic E-state index is 2.26. The number of quaternary nitrogens is 1. The molecule has 0 N–H and O–H groups in total. The third-order valence-electron chi connectivity index (χ3n) is 2.16. The zero-order valence-electron chi connectivity index (χ0n) is 7.09. The van der Waals surface area contributed by atoms with E-state index >= 15 is 0 Å². The first-order valence-corrected chi connectivity index (χ1v) is 3.85. The second-order valence-electron chi connectivity index (χ2n) is 3.31. The highest BCUT2D eigenvalue weighted by atomic mass is 15.3. The Bertz CT molecular complexity index is 179. The van der Waals surface area contributed by atoms with Crippen molar-refractivity contribution in [3.63, 3.8) is 0 Å².